The fourth-order valence-electron chi connectivity index (χ4n) is 2.81. The van der Waals surface area contributed by atoms with Gasteiger partial charge in [-0.1, -0.05) is 52.0 Å². The van der Waals surface area contributed by atoms with Crippen molar-refractivity contribution in [2.45, 2.75) is 11.3 Å². The van der Waals surface area contributed by atoms with Crippen LogP contribution in [0.1, 0.15) is 11.3 Å². The Kier molecular flexibility index (Phi) is 5.60. The van der Waals surface area contributed by atoms with Crippen LogP contribution in [0.25, 0.3) is 5.57 Å². The van der Waals surface area contributed by atoms with Crippen molar-refractivity contribution in [3.63, 3.8) is 0 Å². The first-order valence-electron chi connectivity index (χ1n) is 8.73. The molecule has 0 saturated carbocycles. The zero-order chi connectivity index (χ0) is 19.3. The number of fused-ring (bicyclic) bond motifs is 1. The molecule has 2 aromatic carbocycles. The lowest BCUT2D eigenvalue weighted by molar-refractivity contribution is 0.980. The van der Waals surface area contributed by atoms with Crippen molar-refractivity contribution in [2.75, 3.05) is 17.2 Å². The maximum Gasteiger partial charge on any atom is 0.223 e. The molecule has 138 valence electrons. The second-order valence-corrected chi connectivity index (χ2v) is 8.08. The number of nitriles is 1. The highest BCUT2D eigenvalue weighted by Crippen LogP contribution is 2.43. The molecule has 0 saturated heterocycles. The average Bonchev–Trinajstić information content (AvgIpc) is 3.14. The van der Waals surface area contributed by atoms with Crippen LogP contribution in [0.3, 0.4) is 0 Å². The molecule has 1 aliphatic rings. The van der Waals surface area contributed by atoms with Gasteiger partial charge in [0.15, 0.2) is 0 Å². The normalized spacial score (nSPS) is 14.0. The van der Waals surface area contributed by atoms with Gasteiger partial charge in [0.2, 0.25) is 5.95 Å². The number of rotatable bonds is 5. The summed E-state index contributed by atoms with van der Waals surface area (Å²) in [4.78, 5) is 9.92. The number of halogens is 1. The zero-order valence-electron chi connectivity index (χ0n) is 14.8. The molecule has 0 aliphatic carbocycles. The van der Waals surface area contributed by atoms with Crippen molar-refractivity contribution in [3.05, 3.63) is 81.6 Å². The summed E-state index contributed by atoms with van der Waals surface area (Å²) in [5, 5.41) is 17.1. The highest BCUT2D eigenvalue weighted by molar-refractivity contribution is 9.10. The molecule has 5 nitrogen and oxygen atoms in total. The van der Waals surface area contributed by atoms with E-state index >= 15 is 0 Å². The Morgan fingerprint density at radius 1 is 1.14 bits per heavy atom. The number of hydrogen-bond donors (Lipinski definition) is 2. The van der Waals surface area contributed by atoms with Crippen LogP contribution in [-0.2, 0) is 6.42 Å². The molecule has 28 heavy (non-hydrogen) atoms. The molecule has 0 amide bonds. The predicted octanol–water partition coefficient (Wildman–Crippen LogP) is 5.30. The van der Waals surface area contributed by atoms with Gasteiger partial charge in [-0.25, -0.2) is 9.97 Å². The number of para-hydroxylation sites is 1. The van der Waals surface area contributed by atoms with Gasteiger partial charge in [0.25, 0.3) is 0 Å². The molecule has 0 radical (unpaired) electrons. The van der Waals surface area contributed by atoms with E-state index in [4.69, 9.17) is 0 Å². The van der Waals surface area contributed by atoms with Gasteiger partial charge in [0.05, 0.1) is 16.4 Å². The van der Waals surface area contributed by atoms with Crippen LogP contribution < -0.4 is 10.6 Å². The van der Waals surface area contributed by atoms with Gasteiger partial charge in [-0.3, -0.25) is 0 Å². The van der Waals surface area contributed by atoms with Gasteiger partial charge in [0, 0.05) is 22.1 Å². The van der Waals surface area contributed by atoms with Crippen LogP contribution in [-0.4, -0.2) is 16.5 Å². The fraction of sp³-hybridized carbons (Fsp3) is 0.0952. The van der Waals surface area contributed by atoms with Crippen molar-refractivity contribution in [3.8, 4) is 6.07 Å². The maximum absolute atomic E-state index is 9.71. The molecule has 7 heteroatoms. The van der Waals surface area contributed by atoms with Gasteiger partial charge >= 0.3 is 0 Å². The van der Waals surface area contributed by atoms with E-state index in [1.165, 1.54) is 5.56 Å². The summed E-state index contributed by atoms with van der Waals surface area (Å²) < 4.78 is 1.07. The van der Waals surface area contributed by atoms with Gasteiger partial charge < -0.3 is 10.6 Å². The Hall–Kier alpha value is -2.82. The first-order chi connectivity index (χ1) is 13.7. The average molecular weight is 450 g/mol. The minimum Gasteiger partial charge on any atom is -0.354 e. The summed E-state index contributed by atoms with van der Waals surface area (Å²) in [5.74, 6) is 0.517. The summed E-state index contributed by atoms with van der Waals surface area (Å²) in [6.07, 6.45) is 2.54. The molecule has 1 aliphatic heterocycles. The maximum atomic E-state index is 9.71. The van der Waals surface area contributed by atoms with E-state index in [0.717, 1.165) is 26.5 Å². The van der Waals surface area contributed by atoms with Gasteiger partial charge in [-0.15, -0.1) is 0 Å². The highest BCUT2D eigenvalue weighted by Gasteiger charge is 2.20. The number of thioether (sulfide) groups is 1. The molecule has 2 heterocycles. The molecule has 0 bridgehead atoms. The smallest absolute Gasteiger partial charge is 0.223 e. The molecular weight excluding hydrogens is 434 g/mol. The van der Waals surface area contributed by atoms with Gasteiger partial charge in [-0.2, -0.15) is 5.26 Å². The molecule has 0 atom stereocenters. The summed E-state index contributed by atoms with van der Waals surface area (Å²) in [5.41, 5.74) is 3.36. The summed E-state index contributed by atoms with van der Waals surface area (Å²) in [6.45, 7) is 0.710. The van der Waals surface area contributed by atoms with E-state index < -0.39 is 0 Å². The topological polar surface area (TPSA) is 73.6 Å². The van der Waals surface area contributed by atoms with E-state index in [-0.39, 0.29) is 0 Å². The van der Waals surface area contributed by atoms with Gasteiger partial charge in [-0.05, 0) is 42.3 Å². The lowest BCUT2D eigenvalue weighted by Crippen LogP contribution is -2.09. The van der Waals surface area contributed by atoms with Crippen LogP contribution in [0.2, 0.25) is 0 Å². The number of anilines is 2. The zero-order valence-corrected chi connectivity index (χ0v) is 17.2. The standard InChI is InChI=1S/C21H16BrN5S/c22-15-7-5-14(6-8-15)9-11-24-21-25-12-10-17(27-21)16(13-23)20-26-18-3-1-2-4-19(18)28-20/h1-8,10,12,26H,9,11H2,(H,24,25,27)/b20-16+. The third-order valence-corrected chi connectivity index (χ3v) is 5.82. The lowest BCUT2D eigenvalue weighted by Gasteiger charge is -2.08. The summed E-state index contributed by atoms with van der Waals surface area (Å²) in [7, 11) is 0. The molecular formula is C21H16BrN5S. The highest BCUT2D eigenvalue weighted by atomic mass is 79.9. The van der Waals surface area contributed by atoms with E-state index in [1.54, 1.807) is 24.0 Å². The number of nitrogens with zero attached hydrogens (tertiary/aromatic N) is 3. The van der Waals surface area contributed by atoms with Crippen LogP contribution in [0.5, 0.6) is 0 Å². The van der Waals surface area contributed by atoms with Crippen molar-refractivity contribution in [1.82, 2.24) is 9.97 Å². The molecule has 3 aromatic rings. The van der Waals surface area contributed by atoms with Crippen LogP contribution in [0.4, 0.5) is 11.6 Å². The number of aromatic nitrogens is 2. The molecule has 1 aromatic heterocycles. The van der Waals surface area contributed by atoms with Gasteiger partial charge in [0.1, 0.15) is 11.6 Å². The minimum atomic E-state index is 0.513. The summed E-state index contributed by atoms with van der Waals surface area (Å²) in [6, 6.07) is 20.3. The fourth-order valence-corrected chi connectivity index (χ4v) is 4.08. The largest absolute Gasteiger partial charge is 0.354 e. The Morgan fingerprint density at radius 3 is 2.75 bits per heavy atom. The van der Waals surface area contributed by atoms with Crippen LogP contribution >= 0.6 is 27.7 Å². The van der Waals surface area contributed by atoms with Crippen molar-refractivity contribution >= 4 is 44.9 Å². The van der Waals surface area contributed by atoms with Crippen LogP contribution in [0, 0.1) is 11.3 Å². The number of hydrogen-bond acceptors (Lipinski definition) is 6. The van der Waals surface area contributed by atoms with Crippen molar-refractivity contribution in [2.24, 2.45) is 0 Å². The van der Waals surface area contributed by atoms with Crippen molar-refractivity contribution in [1.29, 1.82) is 5.26 Å². The minimum absolute atomic E-state index is 0.513. The molecule has 0 unspecified atom stereocenters. The molecule has 2 N–H and O–H groups in total. The monoisotopic (exact) mass is 449 g/mol. The second kappa shape index (κ2) is 8.46. The predicted molar refractivity (Wildman–Crippen MR) is 117 cm³/mol. The van der Waals surface area contributed by atoms with E-state index in [0.29, 0.717) is 23.8 Å². The Morgan fingerprint density at radius 2 is 1.96 bits per heavy atom. The first kappa shape index (κ1) is 18.5. The van der Waals surface area contributed by atoms with E-state index in [9.17, 15) is 5.26 Å². The van der Waals surface area contributed by atoms with E-state index in [2.05, 4.69) is 54.7 Å². The number of nitrogens with one attached hydrogen (secondary N) is 2. The molecule has 4 rings (SSSR count). The lowest BCUT2D eigenvalue weighted by atomic mass is 10.1. The summed E-state index contributed by atoms with van der Waals surface area (Å²) >= 11 is 4.99. The Balaban J connectivity index is 1.48. The number of benzene rings is 2. The van der Waals surface area contributed by atoms with Crippen molar-refractivity contribution < 1.29 is 0 Å². The molecule has 0 fully saturated rings. The SMILES string of the molecule is N#C/C(=C1/Nc2ccccc2S1)c1ccnc(NCCc2ccc(Br)cc2)n1. The number of allylic oxidation sites excluding steroid dienone is 1. The Bertz CT molecular complexity index is 1050. The van der Waals surface area contributed by atoms with Crippen LogP contribution in [0.15, 0.2) is 75.2 Å². The second-order valence-electron chi connectivity index (χ2n) is 6.11. The Labute approximate surface area is 176 Å². The molecule has 0 spiro atoms. The van der Waals surface area contributed by atoms with E-state index in [1.807, 2.05) is 36.4 Å². The quantitative estimate of drug-likeness (QED) is 0.514. The first-order valence-corrected chi connectivity index (χ1v) is 10.3. The third kappa shape index (κ3) is 4.19. The third-order valence-electron chi connectivity index (χ3n) is 4.21.